The van der Waals surface area contributed by atoms with Crippen molar-refractivity contribution in [2.75, 3.05) is 0 Å². The number of halogens is 2. The van der Waals surface area contributed by atoms with E-state index in [9.17, 15) is 18.4 Å². The Kier molecular flexibility index (Phi) is 12.8. The molecule has 0 aliphatic heterocycles. The molecule has 10 nitrogen and oxygen atoms in total. The molecule has 4 heterocycles. The number of hydrogen-bond donors (Lipinski definition) is 0. The summed E-state index contributed by atoms with van der Waals surface area (Å²) >= 11 is 3.06. The third kappa shape index (κ3) is 10.0. The van der Waals surface area contributed by atoms with E-state index >= 15 is 0 Å². The quantitative estimate of drug-likeness (QED) is 0.0905. The van der Waals surface area contributed by atoms with Crippen LogP contribution in [0.25, 0.3) is 0 Å². The first kappa shape index (κ1) is 38.2. The van der Waals surface area contributed by atoms with Crippen LogP contribution < -0.4 is 0 Å². The number of aromatic nitrogens is 8. The summed E-state index contributed by atoms with van der Waals surface area (Å²) in [7, 11) is 3.75. The van der Waals surface area contributed by atoms with Gasteiger partial charge in [0.15, 0.2) is 21.9 Å². The Balaban J connectivity index is 0.000000201. The minimum absolute atomic E-state index is 0.0164. The first-order valence-corrected chi connectivity index (χ1v) is 18.2. The highest BCUT2D eigenvalue weighted by molar-refractivity contribution is 7.99. The predicted octanol–water partition coefficient (Wildman–Crippen LogP) is 7.87. The Labute approximate surface area is 309 Å². The number of aryl methyl sites for hydroxylation is 4. The average Bonchev–Trinajstić information content (AvgIpc) is 3.72. The van der Waals surface area contributed by atoms with E-state index in [0.717, 1.165) is 32.8 Å². The normalized spacial score (nSPS) is 12.2. The van der Waals surface area contributed by atoms with Crippen molar-refractivity contribution < 1.29 is 18.4 Å². The van der Waals surface area contributed by atoms with Crippen molar-refractivity contribution in [3.8, 4) is 0 Å². The molecule has 0 spiro atoms. The highest BCUT2D eigenvalue weighted by atomic mass is 32.2. The van der Waals surface area contributed by atoms with E-state index in [0.29, 0.717) is 22.5 Å². The van der Waals surface area contributed by atoms with Gasteiger partial charge in [0.1, 0.15) is 35.7 Å². The molecule has 0 fully saturated rings. The monoisotopic (exact) mass is 740 g/mol. The Morgan fingerprint density at radius 3 is 1.40 bits per heavy atom. The Morgan fingerprint density at radius 1 is 0.654 bits per heavy atom. The number of benzene rings is 2. The number of nitrogens with zero attached hydrogens (tertiary/aromatic N) is 8. The predicted molar refractivity (Wildman–Crippen MR) is 197 cm³/mol. The maximum atomic E-state index is 14.2. The molecular formula is C38H38F2N8O2S2. The van der Waals surface area contributed by atoms with Crippen molar-refractivity contribution in [1.82, 2.24) is 39.5 Å². The molecular weight excluding hydrogens is 703 g/mol. The molecule has 0 radical (unpaired) electrons. The average molecular weight is 741 g/mol. The second kappa shape index (κ2) is 17.4. The molecule has 0 unspecified atom stereocenters. The molecule has 0 N–H and O–H groups in total. The lowest BCUT2D eigenvalue weighted by atomic mass is 10.0. The van der Waals surface area contributed by atoms with Gasteiger partial charge in [-0.25, -0.2) is 8.78 Å². The fraction of sp³-hybridized carbons (Fsp3) is 0.263. The van der Waals surface area contributed by atoms with Gasteiger partial charge in [0.05, 0.1) is 0 Å². The van der Waals surface area contributed by atoms with Crippen LogP contribution in [0.5, 0.6) is 0 Å². The van der Waals surface area contributed by atoms with E-state index in [1.807, 2.05) is 63.1 Å². The van der Waals surface area contributed by atoms with Crippen LogP contribution >= 0.6 is 23.5 Å². The number of carbonyl (C=O) groups excluding carboxylic acids is 2. The topological polar surface area (TPSA) is 121 Å². The number of hydrogen-bond acceptors (Lipinski definition) is 10. The molecule has 6 aromatic rings. The number of ketones is 2. The molecule has 0 aliphatic rings. The zero-order valence-corrected chi connectivity index (χ0v) is 31.3. The Morgan fingerprint density at radius 2 is 1.06 bits per heavy atom. The number of Topliss-reactive ketones (excluding diaryl/α,β-unsaturated/α-hetero) is 2. The van der Waals surface area contributed by atoms with Gasteiger partial charge in [0, 0.05) is 48.8 Å². The van der Waals surface area contributed by atoms with Gasteiger partial charge in [-0.15, -0.1) is 20.4 Å². The molecule has 0 saturated heterocycles. The van der Waals surface area contributed by atoms with E-state index in [1.165, 1.54) is 35.7 Å². The third-order valence-electron chi connectivity index (χ3n) is 8.03. The van der Waals surface area contributed by atoms with Gasteiger partial charge in [0.2, 0.25) is 0 Å². The fourth-order valence-corrected chi connectivity index (χ4v) is 6.91. The molecule has 2 atom stereocenters. The second-order valence-electron chi connectivity index (χ2n) is 12.2. The van der Waals surface area contributed by atoms with Crippen LogP contribution in [0.2, 0.25) is 0 Å². The van der Waals surface area contributed by atoms with Gasteiger partial charge in [-0.2, -0.15) is 0 Å². The van der Waals surface area contributed by atoms with Crippen molar-refractivity contribution in [2.24, 2.45) is 14.1 Å². The van der Waals surface area contributed by atoms with Crippen LogP contribution in [-0.2, 0) is 26.9 Å². The van der Waals surface area contributed by atoms with Gasteiger partial charge < -0.3 is 9.13 Å². The highest BCUT2D eigenvalue weighted by Crippen LogP contribution is 2.35. The maximum absolute atomic E-state index is 14.2. The molecule has 0 amide bonds. The molecule has 0 saturated carbocycles. The number of pyridine rings is 2. The SMILES string of the molecule is Cc1cccc(C(=O)Cc2cc([C@@H](C)Sc3nncn3C)ccc2F)n1.Cc1cccc(C(=O)Cc2cc([C@H](C)Sc3nncn3C)ccc2F)n1. The van der Waals surface area contributed by atoms with E-state index in [2.05, 4.69) is 30.4 Å². The van der Waals surface area contributed by atoms with Gasteiger partial charge >= 0.3 is 0 Å². The van der Waals surface area contributed by atoms with E-state index in [1.54, 1.807) is 61.2 Å². The summed E-state index contributed by atoms with van der Waals surface area (Å²) < 4.78 is 32.1. The molecule has 0 aliphatic carbocycles. The fourth-order valence-electron chi connectivity index (χ4n) is 5.10. The highest BCUT2D eigenvalue weighted by Gasteiger charge is 2.18. The molecule has 2 aromatic carbocycles. The summed E-state index contributed by atoms with van der Waals surface area (Å²) in [6, 6.07) is 20.3. The number of rotatable bonds is 12. The summed E-state index contributed by atoms with van der Waals surface area (Å²) in [5.74, 6) is -1.16. The Bertz CT molecular complexity index is 2030. The van der Waals surface area contributed by atoms with E-state index in [4.69, 9.17) is 0 Å². The summed E-state index contributed by atoms with van der Waals surface area (Å²) in [5.41, 5.74) is 4.85. The summed E-state index contributed by atoms with van der Waals surface area (Å²) in [5, 5.41) is 17.5. The lowest BCUT2D eigenvalue weighted by Gasteiger charge is -2.13. The maximum Gasteiger partial charge on any atom is 0.191 e. The van der Waals surface area contributed by atoms with E-state index in [-0.39, 0.29) is 46.5 Å². The zero-order chi connectivity index (χ0) is 37.4. The second-order valence-corrected chi connectivity index (χ2v) is 14.8. The largest absolute Gasteiger partial charge is 0.312 e. The minimum atomic E-state index is -0.384. The van der Waals surface area contributed by atoms with Crippen molar-refractivity contribution >= 4 is 35.1 Å². The zero-order valence-electron chi connectivity index (χ0n) is 29.6. The van der Waals surface area contributed by atoms with Crippen molar-refractivity contribution in [1.29, 1.82) is 0 Å². The number of carbonyl (C=O) groups is 2. The summed E-state index contributed by atoms with van der Waals surface area (Å²) in [4.78, 5) is 33.3. The molecule has 0 bridgehead atoms. The third-order valence-corrected chi connectivity index (χ3v) is 10.4. The number of thioether (sulfide) groups is 2. The molecule has 52 heavy (non-hydrogen) atoms. The van der Waals surface area contributed by atoms with Crippen LogP contribution in [0.15, 0.2) is 95.8 Å². The van der Waals surface area contributed by atoms with Gasteiger partial charge in [0.25, 0.3) is 0 Å². The molecule has 14 heteroatoms. The Hall–Kier alpha value is -5.08. The van der Waals surface area contributed by atoms with Crippen molar-refractivity contribution in [3.05, 3.63) is 142 Å². The smallest absolute Gasteiger partial charge is 0.191 e. The lowest BCUT2D eigenvalue weighted by Crippen LogP contribution is -2.08. The minimum Gasteiger partial charge on any atom is -0.312 e. The molecule has 4 aromatic heterocycles. The molecule has 268 valence electrons. The standard InChI is InChI=1S/2C19H19FN4OS/c2*1-12-5-4-6-17(22-12)18(25)10-15-9-14(7-8-16(15)20)13(2)26-19-23-21-11-24(19)3/h2*4-9,11,13H,10H2,1-3H3/t2*13-/m10/s1. The van der Waals surface area contributed by atoms with Crippen LogP contribution in [-0.4, -0.2) is 51.1 Å². The first-order valence-electron chi connectivity index (χ1n) is 16.4. The van der Waals surface area contributed by atoms with E-state index < -0.39 is 0 Å². The van der Waals surface area contributed by atoms with Gasteiger partial charge in [-0.3, -0.25) is 19.6 Å². The van der Waals surface area contributed by atoms with Crippen LogP contribution in [0, 0.1) is 25.5 Å². The van der Waals surface area contributed by atoms with Gasteiger partial charge in [-0.05, 0) is 86.3 Å². The van der Waals surface area contributed by atoms with Crippen LogP contribution in [0.1, 0.15) is 79.0 Å². The van der Waals surface area contributed by atoms with Crippen LogP contribution in [0.4, 0.5) is 8.78 Å². The summed E-state index contributed by atoms with van der Waals surface area (Å²) in [6.45, 7) is 7.67. The van der Waals surface area contributed by atoms with Crippen molar-refractivity contribution in [3.63, 3.8) is 0 Å². The lowest BCUT2D eigenvalue weighted by molar-refractivity contribution is 0.0979. The van der Waals surface area contributed by atoms with Gasteiger partial charge in [-0.1, -0.05) is 59.9 Å². The van der Waals surface area contributed by atoms with Crippen LogP contribution in [0.3, 0.4) is 0 Å². The van der Waals surface area contributed by atoms with Crippen molar-refractivity contribution in [2.45, 2.75) is 61.3 Å². The summed E-state index contributed by atoms with van der Waals surface area (Å²) in [6.07, 6.45) is 3.24. The first-order chi connectivity index (χ1) is 24.9. The molecule has 6 rings (SSSR count).